The Kier molecular flexibility index (Phi) is 7.42. The second-order valence-corrected chi connectivity index (χ2v) is 14.2. The highest BCUT2D eigenvalue weighted by Crippen LogP contribution is 2.37. The summed E-state index contributed by atoms with van der Waals surface area (Å²) in [5, 5.41) is 4.85. The first-order valence-electron chi connectivity index (χ1n) is 18.9. The second kappa shape index (κ2) is 13.0. The molecule has 0 bridgehead atoms. The minimum Gasteiger partial charge on any atom is -0.354 e. The van der Waals surface area contributed by atoms with E-state index < -0.39 is 0 Å². The summed E-state index contributed by atoms with van der Waals surface area (Å²) in [6.07, 6.45) is 0. The maximum absolute atomic E-state index is 4.95. The number of benzene rings is 8. The van der Waals surface area contributed by atoms with Crippen molar-refractivity contribution < 1.29 is 0 Å². The van der Waals surface area contributed by atoms with Crippen LogP contribution in [0, 0.1) is 0 Å². The van der Waals surface area contributed by atoms with Gasteiger partial charge >= 0.3 is 0 Å². The van der Waals surface area contributed by atoms with E-state index in [1.807, 2.05) is 60.7 Å². The molecule has 1 N–H and O–H groups in total. The topological polar surface area (TPSA) is 59.4 Å². The summed E-state index contributed by atoms with van der Waals surface area (Å²) >= 11 is 0. The second-order valence-electron chi connectivity index (χ2n) is 14.2. The van der Waals surface area contributed by atoms with Gasteiger partial charge in [-0.25, -0.2) is 15.0 Å². The van der Waals surface area contributed by atoms with Crippen LogP contribution in [0.3, 0.4) is 0 Å². The summed E-state index contributed by atoms with van der Waals surface area (Å²) in [4.78, 5) is 18.4. The van der Waals surface area contributed by atoms with Gasteiger partial charge in [0, 0.05) is 55.0 Å². The van der Waals surface area contributed by atoms with Crippen molar-refractivity contribution in [3.63, 3.8) is 0 Å². The maximum Gasteiger partial charge on any atom is 0.164 e. The van der Waals surface area contributed by atoms with Crippen molar-refractivity contribution >= 4 is 43.6 Å². The van der Waals surface area contributed by atoms with Crippen LogP contribution in [0.4, 0.5) is 0 Å². The van der Waals surface area contributed by atoms with E-state index in [1.165, 1.54) is 55.1 Å². The van der Waals surface area contributed by atoms with Crippen LogP contribution < -0.4 is 0 Å². The van der Waals surface area contributed by atoms with Crippen LogP contribution in [0.1, 0.15) is 0 Å². The van der Waals surface area contributed by atoms with Gasteiger partial charge in [0.05, 0.1) is 11.0 Å². The fourth-order valence-electron chi connectivity index (χ4n) is 8.02. The lowest BCUT2D eigenvalue weighted by atomic mass is 9.98. The highest BCUT2D eigenvalue weighted by atomic mass is 15.0. The first-order chi connectivity index (χ1) is 27.7. The Hall–Kier alpha value is -7.63. The highest BCUT2D eigenvalue weighted by molar-refractivity contribution is 6.11. The molecular formula is C51H33N5. The smallest absolute Gasteiger partial charge is 0.164 e. The lowest BCUT2D eigenvalue weighted by Gasteiger charge is -2.09. The van der Waals surface area contributed by atoms with Crippen LogP contribution in [-0.2, 0) is 0 Å². The molecule has 8 aromatic carbocycles. The summed E-state index contributed by atoms with van der Waals surface area (Å²) in [6, 6.07) is 68.3. The quantitative estimate of drug-likeness (QED) is 0.186. The van der Waals surface area contributed by atoms with Gasteiger partial charge < -0.3 is 9.55 Å². The summed E-state index contributed by atoms with van der Waals surface area (Å²) in [5.74, 6) is 1.94. The zero-order valence-corrected chi connectivity index (χ0v) is 30.3. The third-order valence-corrected chi connectivity index (χ3v) is 10.8. The van der Waals surface area contributed by atoms with E-state index in [2.05, 4.69) is 143 Å². The van der Waals surface area contributed by atoms with Crippen molar-refractivity contribution in [2.45, 2.75) is 0 Å². The molecule has 0 fully saturated rings. The van der Waals surface area contributed by atoms with Crippen LogP contribution in [0.25, 0.3) is 106 Å². The fourth-order valence-corrected chi connectivity index (χ4v) is 8.02. The van der Waals surface area contributed by atoms with Gasteiger partial charge in [0.15, 0.2) is 17.5 Å². The van der Waals surface area contributed by atoms with Crippen molar-refractivity contribution in [2.24, 2.45) is 0 Å². The Morgan fingerprint density at radius 2 is 0.804 bits per heavy atom. The number of para-hydroxylation sites is 2. The Bertz CT molecular complexity index is 3160. The monoisotopic (exact) mass is 715 g/mol. The van der Waals surface area contributed by atoms with Crippen molar-refractivity contribution in [3.05, 3.63) is 194 Å². The minimum absolute atomic E-state index is 0.639. The Labute approximate surface area is 323 Å². The number of fused-ring (bicyclic) bond motifs is 6. The van der Waals surface area contributed by atoms with Crippen LogP contribution >= 0.6 is 0 Å². The minimum atomic E-state index is 0.639. The Balaban J connectivity index is 0.932. The molecule has 0 aliphatic rings. The lowest BCUT2D eigenvalue weighted by molar-refractivity contribution is 1.07. The molecule has 0 aliphatic carbocycles. The van der Waals surface area contributed by atoms with Crippen molar-refractivity contribution in [1.29, 1.82) is 0 Å². The van der Waals surface area contributed by atoms with Gasteiger partial charge in [0.25, 0.3) is 0 Å². The molecule has 0 radical (unpaired) electrons. The first kappa shape index (κ1) is 31.9. The van der Waals surface area contributed by atoms with Crippen molar-refractivity contribution in [3.8, 4) is 62.1 Å². The molecule has 3 heterocycles. The molecule has 0 amide bonds. The molecule has 5 heteroatoms. The van der Waals surface area contributed by atoms with E-state index in [9.17, 15) is 0 Å². The number of rotatable bonds is 6. The summed E-state index contributed by atoms with van der Waals surface area (Å²) in [7, 11) is 0. The molecule has 0 aliphatic heterocycles. The van der Waals surface area contributed by atoms with E-state index >= 15 is 0 Å². The van der Waals surface area contributed by atoms with Crippen LogP contribution in [-0.4, -0.2) is 24.5 Å². The molecule has 0 spiro atoms. The molecule has 0 saturated heterocycles. The van der Waals surface area contributed by atoms with Crippen LogP contribution in [0.2, 0.25) is 0 Å². The number of aromatic amines is 1. The van der Waals surface area contributed by atoms with Gasteiger partial charge in [0.2, 0.25) is 0 Å². The predicted molar refractivity (Wildman–Crippen MR) is 231 cm³/mol. The van der Waals surface area contributed by atoms with E-state index in [4.69, 9.17) is 15.0 Å². The SMILES string of the molecule is c1ccc(-c2nc(-c3ccccc3)nc(-c3ccc4c(c3)[nH]c3ccc(-c5ccc(-c6ccc7c(c6)c6ccccc6n7-c6ccccc6)cc5)cc34)n2)cc1. The molecule has 11 aromatic rings. The molecule has 56 heavy (non-hydrogen) atoms. The van der Waals surface area contributed by atoms with Crippen molar-refractivity contribution in [2.75, 3.05) is 0 Å². The molecule has 0 saturated carbocycles. The standard InChI is InChI=1S/C51H33N5/c1-4-12-35(13-5-1)49-53-50(36-14-6-2-7-15-36)55-51(54-49)39-24-27-41-43-30-37(25-28-45(43)52-46(41)32-39)33-20-22-34(23-21-33)38-26-29-48-44(31-38)42-18-10-11-19-47(42)56(48)40-16-8-3-9-17-40/h1-32,52H. The number of nitrogens with one attached hydrogen (secondary N) is 1. The lowest BCUT2D eigenvalue weighted by Crippen LogP contribution is -2.00. The molecule has 262 valence electrons. The molecule has 5 nitrogen and oxygen atoms in total. The van der Waals surface area contributed by atoms with E-state index in [0.717, 1.165) is 33.1 Å². The molecule has 11 rings (SSSR count). The normalized spacial score (nSPS) is 11.6. The van der Waals surface area contributed by atoms with Gasteiger partial charge in [-0.2, -0.15) is 0 Å². The van der Waals surface area contributed by atoms with E-state index in [0.29, 0.717) is 17.5 Å². The third kappa shape index (κ3) is 5.45. The van der Waals surface area contributed by atoms with Crippen LogP contribution in [0.5, 0.6) is 0 Å². The first-order valence-corrected chi connectivity index (χ1v) is 18.9. The summed E-state index contributed by atoms with van der Waals surface area (Å²) in [6.45, 7) is 0. The molecule has 0 unspecified atom stereocenters. The molecule has 3 aromatic heterocycles. The third-order valence-electron chi connectivity index (χ3n) is 10.8. The zero-order valence-electron chi connectivity index (χ0n) is 30.3. The number of H-pyrrole nitrogens is 1. The average Bonchev–Trinajstić information content (AvgIpc) is 3.82. The average molecular weight is 716 g/mol. The number of nitrogens with zero attached hydrogens (tertiary/aromatic N) is 4. The van der Waals surface area contributed by atoms with Gasteiger partial charge in [0.1, 0.15) is 0 Å². The number of aromatic nitrogens is 5. The van der Waals surface area contributed by atoms with Gasteiger partial charge in [-0.05, 0) is 70.8 Å². The maximum atomic E-state index is 4.95. The highest BCUT2D eigenvalue weighted by Gasteiger charge is 2.16. The molecular weight excluding hydrogens is 683 g/mol. The van der Waals surface area contributed by atoms with E-state index in [-0.39, 0.29) is 0 Å². The van der Waals surface area contributed by atoms with Gasteiger partial charge in [-0.15, -0.1) is 0 Å². The van der Waals surface area contributed by atoms with Crippen LogP contribution in [0.15, 0.2) is 194 Å². The predicted octanol–water partition coefficient (Wildman–Crippen LogP) is 12.9. The number of hydrogen-bond acceptors (Lipinski definition) is 3. The van der Waals surface area contributed by atoms with Gasteiger partial charge in [-0.3, -0.25) is 0 Å². The summed E-state index contributed by atoms with van der Waals surface area (Å²) in [5.41, 5.74) is 13.3. The zero-order chi connectivity index (χ0) is 37.0. The Morgan fingerprint density at radius 1 is 0.304 bits per heavy atom. The van der Waals surface area contributed by atoms with E-state index in [1.54, 1.807) is 0 Å². The number of hydrogen-bond donors (Lipinski definition) is 1. The molecule has 0 atom stereocenters. The van der Waals surface area contributed by atoms with Crippen molar-refractivity contribution in [1.82, 2.24) is 24.5 Å². The summed E-state index contributed by atoms with van der Waals surface area (Å²) < 4.78 is 2.36. The van der Waals surface area contributed by atoms with Gasteiger partial charge in [-0.1, -0.05) is 146 Å². The largest absolute Gasteiger partial charge is 0.354 e. The Morgan fingerprint density at radius 3 is 1.46 bits per heavy atom. The fraction of sp³-hybridized carbons (Fsp3) is 0.